The highest BCUT2D eigenvalue weighted by Gasteiger charge is 2.26. The Hall–Kier alpha value is -1.27. The van der Waals surface area contributed by atoms with E-state index >= 15 is 0 Å². The molecule has 0 fully saturated rings. The summed E-state index contributed by atoms with van der Waals surface area (Å²) >= 11 is 0. The van der Waals surface area contributed by atoms with Crippen LogP contribution in [0.1, 0.15) is 12.0 Å². The van der Waals surface area contributed by atoms with E-state index in [4.69, 9.17) is 33.2 Å². The second kappa shape index (κ2) is 20.3. The van der Waals surface area contributed by atoms with E-state index in [-0.39, 0.29) is 19.8 Å². The maximum Gasteiger partial charge on any atom is 0.391 e. The summed E-state index contributed by atoms with van der Waals surface area (Å²) in [6, 6.07) is 9.98. The van der Waals surface area contributed by atoms with Gasteiger partial charge in [-0.1, -0.05) is 30.3 Å². The monoisotopic (exact) mass is 468 g/mol. The summed E-state index contributed by atoms with van der Waals surface area (Å²) in [5, 5.41) is 0. The largest absolute Gasteiger partial charge is 0.391 e. The minimum atomic E-state index is -4.18. The maximum atomic E-state index is 11.9. The molecule has 7 nitrogen and oxygen atoms in total. The van der Waals surface area contributed by atoms with Crippen molar-refractivity contribution in [2.24, 2.45) is 0 Å². The van der Waals surface area contributed by atoms with Crippen LogP contribution in [0.25, 0.3) is 0 Å². The number of halogens is 3. The lowest BCUT2D eigenvalue weighted by Crippen LogP contribution is -2.15. The van der Waals surface area contributed by atoms with Crippen LogP contribution in [0.15, 0.2) is 30.3 Å². The fraction of sp³-hybridized carbons (Fsp3) is 0.727. The zero-order valence-electron chi connectivity index (χ0n) is 18.5. The van der Waals surface area contributed by atoms with Crippen molar-refractivity contribution in [3.63, 3.8) is 0 Å². The van der Waals surface area contributed by atoms with Gasteiger partial charge in [0.15, 0.2) is 0 Å². The highest BCUT2D eigenvalue weighted by Crippen LogP contribution is 2.18. The minimum Gasteiger partial charge on any atom is -0.379 e. The standard InChI is InChI=1S/C22H35F3O7/c23-22(24,25)6-7-26-8-9-27-10-11-28-12-13-29-14-15-30-16-17-31-18-19-32-20-21-4-2-1-3-5-21/h1-5H,6-20H2. The van der Waals surface area contributed by atoms with Gasteiger partial charge in [-0.15, -0.1) is 0 Å². The normalized spacial score (nSPS) is 11.8. The Morgan fingerprint density at radius 3 is 1.19 bits per heavy atom. The van der Waals surface area contributed by atoms with Gasteiger partial charge in [-0.2, -0.15) is 13.2 Å². The summed E-state index contributed by atoms with van der Waals surface area (Å²) in [6.07, 6.45) is -5.13. The highest BCUT2D eigenvalue weighted by atomic mass is 19.4. The maximum absolute atomic E-state index is 11.9. The van der Waals surface area contributed by atoms with Crippen molar-refractivity contribution >= 4 is 0 Å². The Balaban J connectivity index is 1.67. The predicted octanol–water partition coefficient (Wildman–Crippen LogP) is 3.26. The van der Waals surface area contributed by atoms with Crippen LogP contribution < -0.4 is 0 Å². The third kappa shape index (κ3) is 20.6. The first kappa shape index (κ1) is 28.8. The molecule has 0 radical (unpaired) electrons. The van der Waals surface area contributed by atoms with Crippen LogP contribution >= 0.6 is 0 Å². The van der Waals surface area contributed by atoms with Gasteiger partial charge in [-0.3, -0.25) is 0 Å². The van der Waals surface area contributed by atoms with Crippen LogP contribution in [0.4, 0.5) is 13.2 Å². The molecule has 1 aromatic carbocycles. The van der Waals surface area contributed by atoms with Gasteiger partial charge in [0, 0.05) is 0 Å². The molecule has 10 heteroatoms. The molecule has 0 saturated carbocycles. The summed E-state index contributed by atoms with van der Waals surface area (Å²) in [5.41, 5.74) is 1.14. The molecule has 0 unspecified atom stereocenters. The highest BCUT2D eigenvalue weighted by molar-refractivity contribution is 5.13. The van der Waals surface area contributed by atoms with Crippen molar-refractivity contribution in [3.05, 3.63) is 35.9 Å². The van der Waals surface area contributed by atoms with E-state index in [1.54, 1.807) is 0 Å². The molecule has 1 aromatic rings. The van der Waals surface area contributed by atoms with Crippen LogP contribution in [-0.4, -0.2) is 92.1 Å². The summed E-state index contributed by atoms with van der Waals surface area (Å²) in [6.45, 7) is 5.22. The second-order valence-electron chi connectivity index (χ2n) is 6.58. The molecule has 0 bridgehead atoms. The molecule has 0 aliphatic rings. The minimum absolute atomic E-state index is 0.131. The van der Waals surface area contributed by atoms with Crippen molar-refractivity contribution in [1.29, 1.82) is 0 Å². The molecular weight excluding hydrogens is 433 g/mol. The second-order valence-corrected chi connectivity index (χ2v) is 6.58. The van der Waals surface area contributed by atoms with E-state index in [9.17, 15) is 13.2 Å². The molecular formula is C22H35F3O7. The van der Waals surface area contributed by atoms with E-state index in [1.807, 2.05) is 30.3 Å². The zero-order chi connectivity index (χ0) is 23.2. The average Bonchev–Trinajstić information content (AvgIpc) is 2.77. The van der Waals surface area contributed by atoms with Gasteiger partial charge < -0.3 is 33.2 Å². The Labute approximate surface area is 188 Å². The van der Waals surface area contributed by atoms with Crippen LogP contribution in [-0.2, 0) is 39.8 Å². The molecule has 0 N–H and O–H groups in total. The van der Waals surface area contributed by atoms with Crippen molar-refractivity contribution in [2.75, 3.05) is 85.9 Å². The van der Waals surface area contributed by atoms with Gasteiger partial charge in [0.25, 0.3) is 0 Å². The van der Waals surface area contributed by atoms with Gasteiger partial charge in [-0.05, 0) is 5.56 Å². The first-order chi connectivity index (χ1) is 15.6. The smallest absolute Gasteiger partial charge is 0.379 e. The third-order valence-electron chi connectivity index (χ3n) is 3.87. The van der Waals surface area contributed by atoms with E-state index in [1.165, 1.54) is 0 Å². The molecule has 0 spiro atoms. The lowest BCUT2D eigenvalue weighted by Gasteiger charge is -2.09. The number of ether oxygens (including phenoxy) is 7. The fourth-order valence-corrected chi connectivity index (χ4v) is 2.27. The van der Waals surface area contributed by atoms with Crippen molar-refractivity contribution in [1.82, 2.24) is 0 Å². The van der Waals surface area contributed by atoms with E-state index < -0.39 is 12.6 Å². The van der Waals surface area contributed by atoms with Gasteiger partial charge in [0.2, 0.25) is 0 Å². The molecule has 186 valence electrons. The lowest BCUT2D eigenvalue weighted by atomic mass is 10.2. The fourth-order valence-electron chi connectivity index (χ4n) is 2.27. The summed E-state index contributed by atoms with van der Waals surface area (Å²) in [7, 11) is 0. The summed E-state index contributed by atoms with van der Waals surface area (Å²) < 4.78 is 72.7. The molecule has 0 heterocycles. The third-order valence-corrected chi connectivity index (χ3v) is 3.87. The summed E-state index contributed by atoms with van der Waals surface area (Å²) in [5.74, 6) is 0. The molecule has 1 rings (SSSR count). The van der Waals surface area contributed by atoms with Gasteiger partial charge in [0.05, 0.1) is 98.9 Å². The average molecular weight is 469 g/mol. The van der Waals surface area contributed by atoms with Crippen LogP contribution in [0.5, 0.6) is 0 Å². The lowest BCUT2D eigenvalue weighted by molar-refractivity contribution is -0.146. The molecule has 32 heavy (non-hydrogen) atoms. The first-order valence-corrected chi connectivity index (χ1v) is 10.7. The van der Waals surface area contributed by atoms with Gasteiger partial charge >= 0.3 is 6.18 Å². The number of hydrogen-bond donors (Lipinski definition) is 0. The molecule has 0 amide bonds. The van der Waals surface area contributed by atoms with E-state index in [0.717, 1.165) is 5.56 Å². The number of hydrogen-bond acceptors (Lipinski definition) is 7. The Bertz CT molecular complexity index is 518. The predicted molar refractivity (Wildman–Crippen MR) is 112 cm³/mol. The van der Waals surface area contributed by atoms with Crippen molar-refractivity contribution in [2.45, 2.75) is 19.2 Å². The van der Waals surface area contributed by atoms with Gasteiger partial charge in [0.1, 0.15) is 0 Å². The number of benzene rings is 1. The van der Waals surface area contributed by atoms with Gasteiger partial charge in [-0.25, -0.2) is 0 Å². The SMILES string of the molecule is FC(F)(F)CCOCCOCCOCCOCCOCCOCCOCc1ccccc1. The molecule has 0 aliphatic carbocycles. The van der Waals surface area contributed by atoms with E-state index in [0.29, 0.717) is 72.7 Å². The van der Waals surface area contributed by atoms with Crippen LogP contribution in [0.2, 0.25) is 0 Å². The van der Waals surface area contributed by atoms with Crippen LogP contribution in [0.3, 0.4) is 0 Å². The molecule has 0 atom stereocenters. The molecule has 0 aromatic heterocycles. The Morgan fingerprint density at radius 2 is 0.812 bits per heavy atom. The summed E-state index contributed by atoms with van der Waals surface area (Å²) in [4.78, 5) is 0. The number of rotatable bonds is 22. The first-order valence-electron chi connectivity index (χ1n) is 10.7. The zero-order valence-corrected chi connectivity index (χ0v) is 18.5. The van der Waals surface area contributed by atoms with Crippen molar-refractivity contribution < 1.29 is 46.3 Å². The molecule has 0 aliphatic heterocycles. The number of alkyl halides is 3. The van der Waals surface area contributed by atoms with E-state index in [2.05, 4.69) is 0 Å². The quantitative estimate of drug-likeness (QED) is 0.242. The Morgan fingerprint density at radius 1 is 0.469 bits per heavy atom. The van der Waals surface area contributed by atoms with Crippen LogP contribution in [0, 0.1) is 0 Å². The Kier molecular flexibility index (Phi) is 18.3. The van der Waals surface area contributed by atoms with Crippen molar-refractivity contribution in [3.8, 4) is 0 Å². The molecule has 0 saturated heterocycles. The topological polar surface area (TPSA) is 64.6 Å².